The van der Waals surface area contributed by atoms with Crippen LogP contribution >= 0.6 is 11.6 Å². The maximum absolute atomic E-state index is 11.2. The first-order valence-corrected chi connectivity index (χ1v) is 4.16. The largest absolute Gasteiger partial charge is 0.351 e. The van der Waals surface area contributed by atoms with Crippen LogP contribution in [0.1, 0.15) is 0 Å². The molecule has 13 heavy (non-hydrogen) atoms. The summed E-state index contributed by atoms with van der Waals surface area (Å²) in [6.07, 6.45) is 4.81. The lowest BCUT2D eigenvalue weighted by molar-refractivity contribution is -0.121. The highest BCUT2D eigenvalue weighted by atomic mass is 35.5. The third-order valence-electron chi connectivity index (χ3n) is 1.42. The summed E-state index contributed by atoms with van der Waals surface area (Å²) in [5.74, 6) is -0.111. The molecule has 1 aromatic rings. The van der Waals surface area contributed by atoms with Gasteiger partial charge >= 0.3 is 0 Å². The van der Waals surface area contributed by atoms with Crippen LogP contribution < -0.4 is 5.32 Å². The molecular weight excluding hydrogens is 190 g/mol. The van der Waals surface area contributed by atoms with Crippen molar-refractivity contribution in [1.82, 2.24) is 14.9 Å². The van der Waals surface area contributed by atoms with Crippen molar-refractivity contribution >= 4 is 17.5 Å². The second kappa shape index (κ2) is 4.67. The number of nitrogens with zero attached hydrogens (tertiary/aromatic N) is 2. The lowest BCUT2D eigenvalue weighted by atomic mass is 10.5. The number of nitrogens with one attached hydrogen (secondary N) is 1. The first-order valence-electron chi connectivity index (χ1n) is 3.78. The number of hydrogen-bond donors (Lipinski definition) is 1. The second-order valence-electron chi connectivity index (χ2n) is 2.42. The predicted octanol–water partition coefficient (Wildman–Crippen LogP) is 0.839. The minimum absolute atomic E-state index is 0.111. The van der Waals surface area contributed by atoms with E-state index in [0.29, 0.717) is 11.8 Å². The summed E-state index contributed by atoms with van der Waals surface area (Å²) in [5.41, 5.74) is 0. The lowest BCUT2D eigenvalue weighted by Gasteiger charge is -2.03. The molecule has 0 atom stereocenters. The molecule has 1 heterocycles. The van der Waals surface area contributed by atoms with Crippen molar-refractivity contribution < 1.29 is 4.79 Å². The third kappa shape index (κ3) is 2.91. The number of hydrogen-bond acceptors (Lipinski definition) is 2. The Morgan fingerprint density at radius 1 is 1.85 bits per heavy atom. The molecule has 0 aliphatic heterocycles. The highest BCUT2D eigenvalue weighted by molar-refractivity contribution is 6.28. The van der Waals surface area contributed by atoms with Crippen molar-refractivity contribution in [2.75, 3.05) is 6.54 Å². The van der Waals surface area contributed by atoms with Crippen LogP contribution in [-0.4, -0.2) is 22.0 Å². The Kier molecular flexibility index (Phi) is 3.52. The van der Waals surface area contributed by atoms with E-state index in [9.17, 15) is 4.79 Å². The Bertz CT molecular complexity index is 308. The molecule has 4 nitrogen and oxygen atoms in total. The van der Waals surface area contributed by atoms with Crippen molar-refractivity contribution in [1.29, 1.82) is 0 Å². The van der Waals surface area contributed by atoms with Crippen molar-refractivity contribution in [2.45, 2.75) is 6.54 Å². The Hall–Kier alpha value is -1.29. The van der Waals surface area contributed by atoms with Crippen molar-refractivity contribution in [3.05, 3.63) is 30.3 Å². The van der Waals surface area contributed by atoms with Gasteiger partial charge in [0.25, 0.3) is 0 Å². The number of aromatic nitrogens is 2. The zero-order valence-corrected chi connectivity index (χ0v) is 7.79. The van der Waals surface area contributed by atoms with E-state index in [-0.39, 0.29) is 12.5 Å². The zero-order valence-electron chi connectivity index (χ0n) is 7.03. The first-order chi connectivity index (χ1) is 6.24. The number of imidazole rings is 1. The van der Waals surface area contributed by atoms with Crippen LogP contribution in [0.25, 0.3) is 0 Å². The van der Waals surface area contributed by atoms with Gasteiger partial charge in [-0.15, -0.1) is 6.58 Å². The number of rotatable bonds is 4. The third-order valence-corrected chi connectivity index (χ3v) is 1.74. The van der Waals surface area contributed by atoms with Gasteiger partial charge in [-0.05, 0) is 11.6 Å². The number of carbonyl (C=O) groups is 1. The van der Waals surface area contributed by atoms with Gasteiger partial charge in [0.05, 0.1) is 0 Å². The molecule has 5 heteroatoms. The van der Waals surface area contributed by atoms with Gasteiger partial charge < -0.3 is 9.88 Å². The highest BCUT2D eigenvalue weighted by Gasteiger charge is 2.03. The van der Waals surface area contributed by atoms with Gasteiger partial charge in [-0.25, -0.2) is 4.98 Å². The maximum Gasteiger partial charge on any atom is 0.240 e. The summed E-state index contributed by atoms with van der Waals surface area (Å²) in [7, 11) is 0. The smallest absolute Gasteiger partial charge is 0.240 e. The molecule has 0 saturated heterocycles. The average Bonchev–Trinajstić information content (AvgIpc) is 2.48. The quantitative estimate of drug-likeness (QED) is 0.731. The molecule has 0 spiro atoms. The fraction of sp³-hybridized carbons (Fsp3) is 0.250. The fourth-order valence-corrected chi connectivity index (χ4v) is 0.998. The molecule has 1 rings (SSSR count). The van der Waals surface area contributed by atoms with Gasteiger partial charge in [-0.2, -0.15) is 0 Å². The summed E-state index contributed by atoms with van der Waals surface area (Å²) < 4.78 is 1.56. The van der Waals surface area contributed by atoms with Crippen LogP contribution in [0.3, 0.4) is 0 Å². The Morgan fingerprint density at radius 2 is 2.62 bits per heavy atom. The van der Waals surface area contributed by atoms with Gasteiger partial charge in [0.15, 0.2) is 0 Å². The Balaban J connectivity index is 2.45. The molecule has 0 unspecified atom stereocenters. The predicted molar refractivity (Wildman–Crippen MR) is 50.4 cm³/mol. The summed E-state index contributed by atoms with van der Waals surface area (Å²) in [4.78, 5) is 14.9. The summed E-state index contributed by atoms with van der Waals surface area (Å²) >= 11 is 5.67. The van der Waals surface area contributed by atoms with Gasteiger partial charge in [-0.3, -0.25) is 4.79 Å². The lowest BCUT2D eigenvalue weighted by Crippen LogP contribution is -2.27. The van der Waals surface area contributed by atoms with Crippen LogP contribution in [-0.2, 0) is 11.3 Å². The average molecular weight is 200 g/mol. The molecule has 0 saturated carbocycles. The summed E-state index contributed by atoms with van der Waals surface area (Å²) in [5, 5.41) is 2.95. The van der Waals surface area contributed by atoms with Crippen molar-refractivity contribution in [3.8, 4) is 0 Å². The van der Waals surface area contributed by atoms with Gasteiger partial charge in [0.1, 0.15) is 6.54 Å². The Labute approximate surface area is 81.2 Å². The molecule has 0 aromatic carbocycles. The second-order valence-corrected chi connectivity index (χ2v) is 2.75. The van der Waals surface area contributed by atoms with Crippen molar-refractivity contribution in [2.24, 2.45) is 0 Å². The zero-order chi connectivity index (χ0) is 9.68. The summed E-state index contributed by atoms with van der Waals surface area (Å²) in [6.45, 7) is 4.14. The molecule has 0 fully saturated rings. The fourth-order valence-electron chi connectivity index (χ4n) is 0.826. The van der Waals surface area contributed by atoms with Crippen LogP contribution in [0.5, 0.6) is 0 Å². The molecule has 70 valence electrons. The standard InChI is InChI=1S/C8H10ClN3O/c1-2-3-10-7(13)6-12-5-4-11-8(12)9/h2,4-5H,1,3,6H2,(H,10,13). The van der Waals surface area contributed by atoms with E-state index in [1.54, 1.807) is 23.0 Å². The molecule has 1 aromatic heterocycles. The molecule has 1 amide bonds. The monoisotopic (exact) mass is 199 g/mol. The molecule has 1 N–H and O–H groups in total. The topological polar surface area (TPSA) is 46.9 Å². The Morgan fingerprint density at radius 3 is 3.15 bits per heavy atom. The minimum atomic E-state index is -0.111. The van der Waals surface area contributed by atoms with E-state index < -0.39 is 0 Å². The van der Waals surface area contributed by atoms with E-state index in [2.05, 4.69) is 16.9 Å². The number of amides is 1. The maximum atomic E-state index is 11.2. The molecule has 0 aliphatic carbocycles. The van der Waals surface area contributed by atoms with Crippen LogP contribution in [0.15, 0.2) is 25.0 Å². The SMILES string of the molecule is C=CCNC(=O)Cn1ccnc1Cl. The van der Waals surface area contributed by atoms with Crippen LogP contribution in [0.4, 0.5) is 0 Å². The molecular formula is C8H10ClN3O. The first kappa shape index (κ1) is 9.80. The number of halogens is 1. The van der Waals surface area contributed by atoms with Gasteiger partial charge in [0, 0.05) is 18.9 Å². The van der Waals surface area contributed by atoms with E-state index in [1.165, 1.54) is 0 Å². The number of carbonyl (C=O) groups excluding carboxylic acids is 1. The summed E-state index contributed by atoms with van der Waals surface area (Å²) in [6, 6.07) is 0. The molecule has 0 radical (unpaired) electrons. The normalized spacial score (nSPS) is 9.62. The molecule has 0 bridgehead atoms. The molecule has 0 aliphatic rings. The van der Waals surface area contributed by atoms with E-state index in [4.69, 9.17) is 11.6 Å². The van der Waals surface area contributed by atoms with E-state index >= 15 is 0 Å². The van der Waals surface area contributed by atoms with Gasteiger partial charge in [-0.1, -0.05) is 6.08 Å². The highest BCUT2D eigenvalue weighted by Crippen LogP contribution is 2.03. The van der Waals surface area contributed by atoms with Crippen LogP contribution in [0, 0.1) is 0 Å². The minimum Gasteiger partial charge on any atom is -0.351 e. The van der Waals surface area contributed by atoms with Gasteiger partial charge in [0.2, 0.25) is 11.2 Å². The van der Waals surface area contributed by atoms with E-state index in [1.807, 2.05) is 0 Å². The van der Waals surface area contributed by atoms with Crippen LogP contribution in [0.2, 0.25) is 5.28 Å². The van der Waals surface area contributed by atoms with Crippen molar-refractivity contribution in [3.63, 3.8) is 0 Å². The van der Waals surface area contributed by atoms with E-state index in [0.717, 1.165) is 0 Å².